The van der Waals surface area contributed by atoms with Crippen molar-refractivity contribution in [2.45, 2.75) is 44.6 Å². The number of nitrogens with one attached hydrogen (secondary N) is 2. The molecule has 0 unspecified atom stereocenters. The van der Waals surface area contributed by atoms with Crippen molar-refractivity contribution in [3.05, 3.63) is 32.9 Å². The second-order valence-corrected chi connectivity index (χ2v) is 5.86. The first-order valence-electron chi connectivity index (χ1n) is 7.83. The number of aromatic nitrogens is 2. The zero-order valence-electron chi connectivity index (χ0n) is 13.1. The van der Waals surface area contributed by atoms with Gasteiger partial charge in [-0.15, -0.1) is 0 Å². The number of aromatic amines is 1. The van der Waals surface area contributed by atoms with Crippen molar-refractivity contribution >= 4 is 6.03 Å². The van der Waals surface area contributed by atoms with Crippen LogP contribution in [0, 0.1) is 11.7 Å². The van der Waals surface area contributed by atoms with E-state index in [0.29, 0.717) is 29.3 Å². The summed E-state index contributed by atoms with van der Waals surface area (Å²) in [7, 11) is 1.74. The topological polar surface area (TPSA) is 93.2 Å². The Hall–Kier alpha value is -1.96. The van der Waals surface area contributed by atoms with Crippen molar-refractivity contribution in [1.29, 1.82) is 0 Å². The molecule has 0 aliphatic heterocycles. The van der Waals surface area contributed by atoms with E-state index in [2.05, 4.69) is 5.32 Å². The van der Waals surface area contributed by atoms with E-state index in [0.717, 1.165) is 38.5 Å². The predicted octanol–water partition coefficient (Wildman–Crippen LogP) is 1.22. The summed E-state index contributed by atoms with van der Waals surface area (Å²) in [6, 6.07) is -0.742. The second kappa shape index (κ2) is 8.05. The molecule has 0 atom stereocenters. The quantitative estimate of drug-likeness (QED) is 0.795. The average molecular weight is 327 g/mol. The van der Waals surface area contributed by atoms with Crippen LogP contribution >= 0.6 is 0 Å². The molecule has 1 aliphatic carbocycles. The molecule has 0 saturated heterocycles. The highest BCUT2D eigenvalue weighted by atomic mass is 19.1. The molecule has 0 spiro atoms. The zero-order chi connectivity index (χ0) is 16.8. The van der Waals surface area contributed by atoms with E-state index in [9.17, 15) is 18.8 Å². The molecule has 1 saturated carbocycles. The number of ether oxygens (including phenoxy) is 1. The first-order valence-corrected chi connectivity index (χ1v) is 7.83. The summed E-state index contributed by atoms with van der Waals surface area (Å²) >= 11 is 0. The highest BCUT2D eigenvalue weighted by molar-refractivity contribution is 5.76. The van der Waals surface area contributed by atoms with E-state index in [-0.39, 0.29) is 0 Å². The van der Waals surface area contributed by atoms with Crippen molar-refractivity contribution in [3.63, 3.8) is 0 Å². The molecule has 0 radical (unpaired) electrons. The van der Waals surface area contributed by atoms with Crippen LogP contribution in [0.3, 0.4) is 0 Å². The number of nitrogens with zero attached hydrogens (tertiary/aromatic N) is 1. The third-order valence-corrected chi connectivity index (χ3v) is 4.31. The number of methoxy groups -OCH3 is 1. The van der Waals surface area contributed by atoms with E-state index in [1.54, 1.807) is 12.1 Å². The van der Waals surface area contributed by atoms with Gasteiger partial charge < -0.3 is 10.1 Å². The van der Waals surface area contributed by atoms with Crippen LogP contribution in [-0.2, 0) is 4.74 Å². The largest absolute Gasteiger partial charge is 0.381 e. The van der Waals surface area contributed by atoms with Crippen molar-refractivity contribution < 1.29 is 13.9 Å². The first-order chi connectivity index (χ1) is 11.0. The number of amides is 1. The molecule has 2 N–H and O–H groups in total. The van der Waals surface area contributed by atoms with Gasteiger partial charge >= 0.3 is 11.7 Å². The Kier molecular flexibility index (Phi) is 6.09. The van der Waals surface area contributed by atoms with Crippen LogP contribution in [-0.4, -0.2) is 35.3 Å². The summed E-state index contributed by atoms with van der Waals surface area (Å²) in [5.74, 6) is -0.541. The fourth-order valence-electron chi connectivity index (χ4n) is 2.93. The minimum Gasteiger partial charge on any atom is -0.381 e. The van der Waals surface area contributed by atoms with Gasteiger partial charge in [0, 0.05) is 13.7 Å². The van der Waals surface area contributed by atoms with Crippen LogP contribution in [0.15, 0.2) is 15.8 Å². The second-order valence-electron chi connectivity index (χ2n) is 5.86. The van der Waals surface area contributed by atoms with Gasteiger partial charge in [-0.1, -0.05) is 0 Å². The average Bonchev–Trinajstić information content (AvgIpc) is 2.55. The van der Waals surface area contributed by atoms with Gasteiger partial charge in [0.25, 0.3) is 5.56 Å². The summed E-state index contributed by atoms with van der Waals surface area (Å²) in [5, 5.41) is 2.56. The standard InChI is InChI=1S/C15H22FN3O4/c1-23-11-6-4-10(5-7-11)3-2-8-17-14(21)19-9-12(16)13(20)18-15(19)22/h9-11H,2-8H2,1H3,(H,17,21)(H,18,20,22). The third kappa shape index (κ3) is 4.75. The lowest BCUT2D eigenvalue weighted by molar-refractivity contribution is 0.0553. The van der Waals surface area contributed by atoms with Crippen molar-refractivity contribution in [1.82, 2.24) is 14.9 Å². The lowest BCUT2D eigenvalue weighted by atomic mass is 9.84. The molecule has 128 valence electrons. The Morgan fingerprint density at radius 2 is 2.09 bits per heavy atom. The molecular formula is C15H22FN3O4. The molecule has 1 heterocycles. The van der Waals surface area contributed by atoms with Crippen LogP contribution in [0.4, 0.5) is 9.18 Å². The van der Waals surface area contributed by atoms with Gasteiger partial charge in [0.2, 0.25) is 5.82 Å². The van der Waals surface area contributed by atoms with Crippen molar-refractivity contribution in [3.8, 4) is 0 Å². The first kappa shape index (κ1) is 17.4. The molecule has 1 aliphatic rings. The highest BCUT2D eigenvalue weighted by Crippen LogP contribution is 2.28. The molecule has 1 amide bonds. The minimum atomic E-state index is -1.17. The molecule has 1 aromatic rings. The van der Waals surface area contributed by atoms with Gasteiger partial charge in [0.15, 0.2) is 0 Å². The highest BCUT2D eigenvalue weighted by Gasteiger charge is 2.20. The number of hydrogen-bond acceptors (Lipinski definition) is 4. The maximum atomic E-state index is 13.1. The monoisotopic (exact) mass is 327 g/mol. The molecular weight excluding hydrogens is 305 g/mol. The lowest BCUT2D eigenvalue weighted by Gasteiger charge is -2.27. The number of carbonyl (C=O) groups excluding carboxylic acids is 1. The maximum absolute atomic E-state index is 13.1. The van der Waals surface area contributed by atoms with Gasteiger partial charge in [-0.2, -0.15) is 4.39 Å². The molecule has 8 heteroatoms. The number of H-pyrrole nitrogens is 1. The SMILES string of the molecule is COC1CCC(CCCNC(=O)n2cc(F)c(=O)[nH]c2=O)CC1. The van der Waals surface area contributed by atoms with Crippen LogP contribution in [0.2, 0.25) is 0 Å². The van der Waals surface area contributed by atoms with E-state index in [1.165, 1.54) is 0 Å². The number of halogens is 1. The molecule has 7 nitrogen and oxygen atoms in total. The van der Waals surface area contributed by atoms with Crippen LogP contribution in [0.5, 0.6) is 0 Å². The van der Waals surface area contributed by atoms with Gasteiger partial charge in [-0.05, 0) is 44.4 Å². The molecule has 0 bridgehead atoms. The van der Waals surface area contributed by atoms with E-state index in [1.807, 2.05) is 0 Å². The predicted molar refractivity (Wildman–Crippen MR) is 82.1 cm³/mol. The summed E-state index contributed by atoms with van der Waals surface area (Å²) < 4.78 is 19.0. The van der Waals surface area contributed by atoms with Crippen LogP contribution in [0.1, 0.15) is 38.5 Å². The Bertz CT molecular complexity index is 647. The van der Waals surface area contributed by atoms with Crippen LogP contribution in [0.25, 0.3) is 0 Å². The number of rotatable bonds is 5. The normalized spacial score (nSPS) is 21.1. The Balaban J connectivity index is 1.74. The Labute approximate surface area is 132 Å². The molecule has 0 aromatic carbocycles. The smallest absolute Gasteiger partial charge is 0.336 e. The molecule has 1 fully saturated rings. The third-order valence-electron chi connectivity index (χ3n) is 4.31. The number of hydrogen-bond donors (Lipinski definition) is 2. The van der Waals surface area contributed by atoms with Gasteiger partial charge in [0.1, 0.15) is 0 Å². The summed E-state index contributed by atoms with van der Waals surface area (Å²) in [6.45, 7) is 0.399. The van der Waals surface area contributed by atoms with Gasteiger partial charge in [-0.25, -0.2) is 14.2 Å². The fraction of sp³-hybridized carbons (Fsp3) is 0.667. The molecule has 1 aromatic heterocycles. The zero-order valence-corrected chi connectivity index (χ0v) is 13.1. The fourth-order valence-corrected chi connectivity index (χ4v) is 2.93. The Morgan fingerprint density at radius 3 is 2.74 bits per heavy atom. The van der Waals surface area contributed by atoms with Crippen molar-refractivity contribution in [2.24, 2.45) is 5.92 Å². The van der Waals surface area contributed by atoms with Crippen molar-refractivity contribution in [2.75, 3.05) is 13.7 Å². The van der Waals surface area contributed by atoms with Gasteiger partial charge in [-0.3, -0.25) is 9.78 Å². The van der Waals surface area contributed by atoms with E-state index >= 15 is 0 Å². The summed E-state index contributed by atoms with van der Waals surface area (Å²) in [5.41, 5.74) is -2.09. The maximum Gasteiger partial charge on any atom is 0.336 e. The van der Waals surface area contributed by atoms with Crippen LogP contribution < -0.4 is 16.6 Å². The van der Waals surface area contributed by atoms with E-state index in [4.69, 9.17) is 4.74 Å². The molecule has 23 heavy (non-hydrogen) atoms. The Morgan fingerprint density at radius 1 is 1.39 bits per heavy atom. The minimum absolute atomic E-state index is 0.368. The summed E-state index contributed by atoms with van der Waals surface area (Å²) in [4.78, 5) is 35.9. The van der Waals surface area contributed by atoms with E-state index < -0.39 is 23.1 Å². The van der Waals surface area contributed by atoms with Gasteiger partial charge in [0.05, 0.1) is 12.3 Å². The number of carbonyl (C=O) groups is 1. The molecule has 2 rings (SSSR count). The summed E-state index contributed by atoms with van der Waals surface area (Å²) in [6.07, 6.45) is 7.13. The lowest BCUT2D eigenvalue weighted by Crippen LogP contribution is -2.41.